The monoisotopic (exact) mass is 298 g/mol. The van der Waals surface area contributed by atoms with Crippen molar-refractivity contribution in [3.8, 4) is 0 Å². The van der Waals surface area contributed by atoms with Crippen molar-refractivity contribution in [3.05, 3.63) is 34.9 Å². The Morgan fingerprint density at radius 1 is 1.05 bits per heavy atom. The third-order valence-electron chi connectivity index (χ3n) is 2.70. The minimum absolute atomic E-state index is 0.0445. The van der Waals surface area contributed by atoms with Gasteiger partial charge in [0.25, 0.3) is 5.97 Å². The van der Waals surface area contributed by atoms with Crippen molar-refractivity contribution in [3.63, 3.8) is 0 Å². The van der Waals surface area contributed by atoms with Crippen LogP contribution in [-0.4, -0.2) is 26.7 Å². The van der Waals surface area contributed by atoms with E-state index in [1.807, 2.05) is 0 Å². The first-order valence-electron chi connectivity index (χ1n) is 5.60. The van der Waals surface area contributed by atoms with Gasteiger partial charge < -0.3 is 14.6 Å². The zero-order valence-electron chi connectivity index (χ0n) is 10.2. The fourth-order valence-electron chi connectivity index (χ4n) is 1.58. The standard InChI is InChI=1S/C11H14F4O3Si/c12-7-5-6(8(13)10(15)9(7)14)3-1-2-4-11(16,17)18-19/h5,16-17H,1-4H2,19H3. The first kappa shape index (κ1) is 16.1. The molecule has 1 aromatic carbocycles. The second kappa shape index (κ2) is 6.46. The highest BCUT2D eigenvalue weighted by Crippen LogP contribution is 2.21. The Hall–Kier alpha value is -0.963. The number of halogens is 4. The summed E-state index contributed by atoms with van der Waals surface area (Å²) >= 11 is 0. The highest BCUT2D eigenvalue weighted by Gasteiger charge is 2.21. The third kappa shape index (κ3) is 4.27. The highest BCUT2D eigenvalue weighted by atomic mass is 28.2. The van der Waals surface area contributed by atoms with Gasteiger partial charge in [-0.2, -0.15) is 0 Å². The van der Waals surface area contributed by atoms with E-state index in [-0.39, 0.29) is 41.7 Å². The molecule has 0 aliphatic heterocycles. The molecule has 0 aliphatic carbocycles. The van der Waals surface area contributed by atoms with Crippen molar-refractivity contribution in [2.24, 2.45) is 0 Å². The number of aryl methyl sites for hydroxylation is 1. The number of hydrogen-bond donors (Lipinski definition) is 2. The molecule has 108 valence electrons. The molecule has 0 saturated carbocycles. The van der Waals surface area contributed by atoms with E-state index in [1.165, 1.54) is 0 Å². The van der Waals surface area contributed by atoms with Crippen LogP contribution >= 0.6 is 0 Å². The number of hydrogen-bond acceptors (Lipinski definition) is 3. The van der Waals surface area contributed by atoms with Crippen LogP contribution in [0, 0.1) is 23.3 Å². The average molecular weight is 298 g/mol. The summed E-state index contributed by atoms with van der Waals surface area (Å²) in [6, 6.07) is 0.599. The summed E-state index contributed by atoms with van der Waals surface area (Å²) < 4.78 is 56.3. The summed E-state index contributed by atoms with van der Waals surface area (Å²) in [6.07, 6.45) is 0.339. The average Bonchev–Trinajstić information content (AvgIpc) is 2.37. The van der Waals surface area contributed by atoms with Crippen LogP contribution in [0.2, 0.25) is 0 Å². The van der Waals surface area contributed by atoms with E-state index in [1.54, 1.807) is 0 Å². The Bertz CT molecular complexity index is 454. The number of unbranched alkanes of at least 4 members (excludes halogenated alkanes) is 1. The quantitative estimate of drug-likeness (QED) is 0.205. The van der Waals surface area contributed by atoms with Crippen LogP contribution in [-0.2, 0) is 10.8 Å². The van der Waals surface area contributed by atoms with Crippen LogP contribution < -0.4 is 0 Å². The van der Waals surface area contributed by atoms with Crippen molar-refractivity contribution >= 4 is 10.5 Å². The summed E-state index contributed by atoms with van der Waals surface area (Å²) in [6.45, 7) is 0. The smallest absolute Gasteiger partial charge is 0.267 e. The fourth-order valence-corrected chi connectivity index (χ4v) is 1.78. The lowest BCUT2D eigenvalue weighted by Gasteiger charge is -2.19. The first-order valence-corrected chi connectivity index (χ1v) is 6.42. The van der Waals surface area contributed by atoms with E-state index in [9.17, 15) is 17.6 Å². The van der Waals surface area contributed by atoms with Gasteiger partial charge in [-0.3, -0.25) is 0 Å². The third-order valence-corrected chi connectivity index (χ3v) is 3.36. The maximum absolute atomic E-state index is 13.3. The van der Waals surface area contributed by atoms with Crippen LogP contribution in [0.4, 0.5) is 17.6 Å². The molecular weight excluding hydrogens is 284 g/mol. The molecule has 8 heteroatoms. The summed E-state index contributed by atoms with van der Waals surface area (Å²) in [5.41, 5.74) is -0.287. The summed E-state index contributed by atoms with van der Waals surface area (Å²) in [4.78, 5) is 0. The van der Waals surface area contributed by atoms with Gasteiger partial charge in [0.2, 0.25) is 0 Å². The van der Waals surface area contributed by atoms with Crippen molar-refractivity contribution in [1.82, 2.24) is 0 Å². The molecule has 0 saturated heterocycles. The van der Waals surface area contributed by atoms with E-state index in [0.29, 0.717) is 6.07 Å². The molecular formula is C11H14F4O3Si. The SMILES string of the molecule is OC(O)(CCCCc1cc(F)c(F)c(F)c1F)O[SiH3]. The maximum Gasteiger partial charge on any atom is 0.267 e. The van der Waals surface area contributed by atoms with Crippen LogP contribution in [0.5, 0.6) is 0 Å². The van der Waals surface area contributed by atoms with Crippen molar-refractivity contribution in [2.45, 2.75) is 31.7 Å². The molecule has 0 spiro atoms. The molecule has 0 fully saturated rings. The predicted molar refractivity (Wildman–Crippen MR) is 62.0 cm³/mol. The second-order valence-corrected chi connectivity index (χ2v) is 4.52. The molecule has 0 heterocycles. The minimum Gasteiger partial charge on any atom is -0.381 e. The van der Waals surface area contributed by atoms with Gasteiger partial charge in [0.15, 0.2) is 33.8 Å². The molecule has 3 nitrogen and oxygen atoms in total. The Kier molecular flexibility index (Phi) is 5.47. The summed E-state index contributed by atoms with van der Waals surface area (Å²) in [5.74, 6) is -8.76. The lowest BCUT2D eigenvalue weighted by molar-refractivity contribution is -0.295. The molecule has 0 unspecified atom stereocenters. The van der Waals surface area contributed by atoms with Gasteiger partial charge in [0, 0.05) is 6.42 Å². The van der Waals surface area contributed by atoms with Gasteiger partial charge in [-0.1, -0.05) is 0 Å². The topological polar surface area (TPSA) is 49.7 Å². The predicted octanol–water partition coefficient (Wildman–Crippen LogP) is 0.891. The van der Waals surface area contributed by atoms with Gasteiger partial charge in [0.1, 0.15) is 0 Å². The molecule has 0 bridgehead atoms. The summed E-state index contributed by atoms with van der Waals surface area (Å²) in [5, 5.41) is 18.2. The molecule has 0 aliphatic rings. The van der Waals surface area contributed by atoms with Gasteiger partial charge in [0.05, 0.1) is 0 Å². The highest BCUT2D eigenvalue weighted by molar-refractivity contribution is 5.98. The van der Waals surface area contributed by atoms with Gasteiger partial charge in [-0.05, 0) is 30.9 Å². The zero-order valence-corrected chi connectivity index (χ0v) is 12.2. The van der Waals surface area contributed by atoms with Crippen molar-refractivity contribution in [1.29, 1.82) is 0 Å². The molecule has 1 aromatic rings. The molecule has 19 heavy (non-hydrogen) atoms. The Morgan fingerprint density at radius 2 is 1.68 bits per heavy atom. The Labute approximate surface area is 110 Å². The van der Waals surface area contributed by atoms with E-state index in [0.717, 1.165) is 0 Å². The minimum atomic E-state index is -2.22. The van der Waals surface area contributed by atoms with E-state index in [2.05, 4.69) is 4.43 Å². The zero-order chi connectivity index (χ0) is 14.6. The summed E-state index contributed by atoms with van der Waals surface area (Å²) in [7, 11) is 0.136. The van der Waals surface area contributed by atoms with E-state index < -0.39 is 29.2 Å². The maximum atomic E-state index is 13.3. The fraction of sp³-hybridized carbons (Fsp3) is 0.455. The molecule has 2 N–H and O–H groups in total. The molecule has 0 amide bonds. The van der Waals surface area contributed by atoms with Gasteiger partial charge in [-0.15, -0.1) is 0 Å². The normalized spacial score (nSPS) is 12.1. The van der Waals surface area contributed by atoms with E-state index >= 15 is 0 Å². The lowest BCUT2D eigenvalue weighted by Crippen LogP contribution is -2.30. The van der Waals surface area contributed by atoms with Crippen molar-refractivity contribution < 1.29 is 32.2 Å². The number of benzene rings is 1. The van der Waals surface area contributed by atoms with E-state index in [4.69, 9.17) is 10.2 Å². The van der Waals surface area contributed by atoms with Crippen LogP contribution in [0.3, 0.4) is 0 Å². The largest absolute Gasteiger partial charge is 0.381 e. The molecule has 0 radical (unpaired) electrons. The Morgan fingerprint density at radius 3 is 2.26 bits per heavy atom. The van der Waals surface area contributed by atoms with Gasteiger partial charge >= 0.3 is 0 Å². The molecule has 0 atom stereocenters. The lowest BCUT2D eigenvalue weighted by atomic mass is 10.1. The Balaban J connectivity index is 2.60. The second-order valence-electron chi connectivity index (χ2n) is 4.11. The molecule has 0 aromatic heterocycles. The number of rotatable bonds is 6. The number of aliphatic hydroxyl groups is 2. The molecule has 1 rings (SSSR count). The van der Waals surface area contributed by atoms with Crippen LogP contribution in [0.1, 0.15) is 24.8 Å². The van der Waals surface area contributed by atoms with Crippen LogP contribution in [0.25, 0.3) is 0 Å². The van der Waals surface area contributed by atoms with Crippen LogP contribution in [0.15, 0.2) is 6.07 Å². The first-order chi connectivity index (χ1) is 8.78. The van der Waals surface area contributed by atoms with Gasteiger partial charge in [-0.25, -0.2) is 17.6 Å². The van der Waals surface area contributed by atoms with Crippen molar-refractivity contribution in [2.75, 3.05) is 0 Å².